The van der Waals surface area contributed by atoms with Crippen molar-refractivity contribution in [3.05, 3.63) is 47.8 Å². The summed E-state index contributed by atoms with van der Waals surface area (Å²) in [5.74, 6) is 0. The monoisotopic (exact) mass is 227 g/mol. The van der Waals surface area contributed by atoms with Gasteiger partial charge in [0.05, 0.1) is 17.6 Å². The topological polar surface area (TPSA) is 50.9 Å². The largest absolute Gasteiger partial charge is 0.396 e. The van der Waals surface area contributed by atoms with Crippen molar-refractivity contribution >= 4 is 17.1 Å². The number of aromatic nitrogens is 1. The van der Waals surface area contributed by atoms with Crippen LogP contribution in [-0.4, -0.2) is 4.98 Å². The standard InChI is InChI=1S/C14H17N3/c1-3-11-6-4-5-10(2)14(11)17-13-7-8-16-9-12(13)15/h4-9H,3,15H2,1-2H3,(H,16,17). The summed E-state index contributed by atoms with van der Waals surface area (Å²) >= 11 is 0. The predicted octanol–water partition coefficient (Wildman–Crippen LogP) is 3.28. The third-order valence-corrected chi connectivity index (χ3v) is 2.85. The van der Waals surface area contributed by atoms with Gasteiger partial charge in [-0.1, -0.05) is 25.1 Å². The second kappa shape index (κ2) is 4.87. The molecule has 17 heavy (non-hydrogen) atoms. The number of nitrogens with one attached hydrogen (secondary N) is 1. The molecular weight excluding hydrogens is 210 g/mol. The maximum absolute atomic E-state index is 5.88. The van der Waals surface area contributed by atoms with Gasteiger partial charge in [0.2, 0.25) is 0 Å². The predicted molar refractivity (Wildman–Crippen MR) is 72.5 cm³/mol. The van der Waals surface area contributed by atoms with Gasteiger partial charge in [0.1, 0.15) is 0 Å². The number of pyridine rings is 1. The Morgan fingerprint density at radius 2 is 2.12 bits per heavy atom. The molecule has 0 radical (unpaired) electrons. The lowest BCUT2D eigenvalue weighted by Crippen LogP contribution is -2.01. The van der Waals surface area contributed by atoms with Crippen LogP contribution in [0.5, 0.6) is 0 Å². The summed E-state index contributed by atoms with van der Waals surface area (Å²) in [5.41, 5.74) is 11.1. The van der Waals surface area contributed by atoms with Crippen LogP contribution >= 0.6 is 0 Å². The van der Waals surface area contributed by atoms with Crippen LogP contribution in [0, 0.1) is 6.92 Å². The van der Waals surface area contributed by atoms with E-state index in [0.29, 0.717) is 5.69 Å². The number of benzene rings is 1. The number of nitrogens with two attached hydrogens (primary N) is 1. The molecule has 0 atom stereocenters. The van der Waals surface area contributed by atoms with Gasteiger partial charge in [-0.05, 0) is 30.5 Å². The molecule has 1 heterocycles. The fraction of sp³-hybridized carbons (Fsp3) is 0.214. The van der Waals surface area contributed by atoms with Crippen LogP contribution in [0.2, 0.25) is 0 Å². The van der Waals surface area contributed by atoms with Crippen molar-refractivity contribution < 1.29 is 0 Å². The van der Waals surface area contributed by atoms with Crippen molar-refractivity contribution in [2.24, 2.45) is 0 Å². The van der Waals surface area contributed by atoms with E-state index in [-0.39, 0.29) is 0 Å². The number of anilines is 3. The van der Waals surface area contributed by atoms with Crippen LogP contribution in [0.1, 0.15) is 18.1 Å². The molecule has 2 aromatic rings. The van der Waals surface area contributed by atoms with Crippen LogP contribution in [0.3, 0.4) is 0 Å². The Hall–Kier alpha value is -2.03. The smallest absolute Gasteiger partial charge is 0.0739 e. The minimum absolute atomic E-state index is 0.665. The van der Waals surface area contributed by atoms with Crippen molar-refractivity contribution in [3.63, 3.8) is 0 Å². The van der Waals surface area contributed by atoms with Gasteiger partial charge in [-0.3, -0.25) is 4.98 Å². The molecule has 0 aliphatic carbocycles. The van der Waals surface area contributed by atoms with Gasteiger partial charge in [-0.2, -0.15) is 0 Å². The first-order valence-corrected chi connectivity index (χ1v) is 5.77. The Labute approximate surface area is 102 Å². The summed E-state index contributed by atoms with van der Waals surface area (Å²) in [6, 6.07) is 8.20. The lowest BCUT2D eigenvalue weighted by atomic mass is 10.1. The Balaban J connectivity index is 2.39. The molecule has 0 amide bonds. The molecule has 3 N–H and O–H groups in total. The Morgan fingerprint density at radius 1 is 1.29 bits per heavy atom. The van der Waals surface area contributed by atoms with Crippen LogP contribution < -0.4 is 11.1 Å². The quantitative estimate of drug-likeness (QED) is 0.846. The zero-order valence-electron chi connectivity index (χ0n) is 10.2. The first-order valence-electron chi connectivity index (χ1n) is 5.77. The van der Waals surface area contributed by atoms with Gasteiger partial charge in [0.25, 0.3) is 0 Å². The van der Waals surface area contributed by atoms with E-state index in [2.05, 4.69) is 42.3 Å². The third kappa shape index (κ3) is 2.38. The molecule has 3 heteroatoms. The molecule has 88 valence electrons. The molecule has 0 spiro atoms. The number of nitrogens with zero attached hydrogens (tertiary/aromatic N) is 1. The SMILES string of the molecule is CCc1cccc(C)c1Nc1ccncc1N. The zero-order valence-corrected chi connectivity index (χ0v) is 10.2. The average molecular weight is 227 g/mol. The summed E-state index contributed by atoms with van der Waals surface area (Å²) in [7, 11) is 0. The van der Waals surface area contributed by atoms with E-state index in [1.54, 1.807) is 12.4 Å². The number of hydrogen-bond donors (Lipinski definition) is 2. The van der Waals surface area contributed by atoms with Crippen molar-refractivity contribution in [2.45, 2.75) is 20.3 Å². The van der Waals surface area contributed by atoms with E-state index in [1.165, 1.54) is 11.1 Å². The fourth-order valence-electron chi connectivity index (χ4n) is 1.86. The molecule has 0 saturated heterocycles. The summed E-state index contributed by atoms with van der Waals surface area (Å²) in [6.45, 7) is 4.24. The Morgan fingerprint density at radius 3 is 2.82 bits per heavy atom. The van der Waals surface area contributed by atoms with Crippen LogP contribution in [0.4, 0.5) is 17.1 Å². The molecule has 0 unspecified atom stereocenters. The van der Waals surface area contributed by atoms with Gasteiger partial charge < -0.3 is 11.1 Å². The molecule has 0 aliphatic rings. The normalized spacial score (nSPS) is 10.2. The Kier molecular flexibility index (Phi) is 3.28. The minimum Gasteiger partial charge on any atom is -0.396 e. The minimum atomic E-state index is 0.665. The molecular formula is C14H17N3. The summed E-state index contributed by atoms with van der Waals surface area (Å²) in [5, 5.41) is 3.39. The van der Waals surface area contributed by atoms with Gasteiger partial charge in [-0.25, -0.2) is 0 Å². The molecule has 2 rings (SSSR count). The highest BCUT2D eigenvalue weighted by Gasteiger charge is 2.06. The van der Waals surface area contributed by atoms with E-state index in [0.717, 1.165) is 17.8 Å². The van der Waals surface area contributed by atoms with E-state index < -0.39 is 0 Å². The van der Waals surface area contributed by atoms with Gasteiger partial charge >= 0.3 is 0 Å². The maximum atomic E-state index is 5.88. The lowest BCUT2D eigenvalue weighted by molar-refractivity contribution is 1.13. The van der Waals surface area contributed by atoms with E-state index in [9.17, 15) is 0 Å². The molecule has 0 bridgehead atoms. The van der Waals surface area contributed by atoms with Crippen LogP contribution in [0.15, 0.2) is 36.7 Å². The second-order valence-electron chi connectivity index (χ2n) is 4.05. The number of para-hydroxylation sites is 1. The molecule has 1 aromatic heterocycles. The first-order chi connectivity index (χ1) is 8.22. The summed E-state index contributed by atoms with van der Waals surface area (Å²) < 4.78 is 0. The van der Waals surface area contributed by atoms with Gasteiger partial charge in [0.15, 0.2) is 0 Å². The molecule has 0 aliphatic heterocycles. The molecule has 0 fully saturated rings. The highest BCUT2D eigenvalue weighted by Crippen LogP contribution is 2.27. The number of aryl methyl sites for hydroxylation is 2. The van der Waals surface area contributed by atoms with Crippen molar-refractivity contribution in [1.29, 1.82) is 0 Å². The molecule has 1 aromatic carbocycles. The molecule has 3 nitrogen and oxygen atoms in total. The highest BCUT2D eigenvalue weighted by molar-refractivity contribution is 5.74. The number of nitrogen functional groups attached to an aromatic ring is 1. The highest BCUT2D eigenvalue weighted by atomic mass is 14.9. The zero-order chi connectivity index (χ0) is 12.3. The lowest BCUT2D eigenvalue weighted by Gasteiger charge is -2.15. The van der Waals surface area contributed by atoms with E-state index >= 15 is 0 Å². The number of rotatable bonds is 3. The Bertz CT molecular complexity index is 521. The number of hydrogen-bond acceptors (Lipinski definition) is 3. The maximum Gasteiger partial charge on any atom is 0.0739 e. The van der Waals surface area contributed by atoms with E-state index in [1.807, 2.05) is 6.07 Å². The third-order valence-electron chi connectivity index (χ3n) is 2.85. The van der Waals surface area contributed by atoms with E-state index in [4.69, 9.17) is 5.73 Å². The van der Waals surface area contributed by atoms with Crippen molar-refractivity contribution in [2.75, 3.05) is 11.1 Å². The summed E-state index contributed by atoms with van der Waals surface area (Å²) in [6.07, 6.45) is 4.39. The van der Waals surface area contributed by atoms with Crippen LogP contribution in [-0.2, 0) is 6.42 Å². The fourth-order valence-corrected chi connectivity index (χ4v) is 1.86. The van der Waals surface area contributed by atoms with Crippen molar-refractivity contribution in [1.82, 2.24) is 4.98 Å². The molecule has 0 saturated carbocycles. The second-order valence-corrected chi connectivity index (χ2v) is 4.05. The first kappa shape index (κ1) is 11.5. The van der Waals surface area contributed by atoms with Crippen molar-refractivity contribution in [3.8, 4) is 0 Å². The van der Waals surface area contributed by atoms with Gasteiger partial charge in [-0.15, -0.1) is 0 Å². The average Bonchev–Trinajstić information content (AvgIpc) is 2.34. The summed E-state index contributed by atoms with van der Waals surface area (Å²) in [4.78, 5) is 3.99. The van der Waals surface area contributed by atoms with Crippen LogP contribution in [0.25, 0.3) is 0 Å². The van der Waals surface area contributed by atoms with Gasteiger partial charge in [0, 0.05) is 11.9 Å².